The van der Waals surface area contributed by atoms with Crippen LogP contribution < -0.4 is 0 Å². The van der Waals surface area contributed by atoms with Crippen LogP contribution in [0.5, 0.6) is 0 Å². The van der Waals surface area contributed by atoms with Gasteiger partial charge in [0.15, 0.2) is 0 Å². The Hall–Kier alpha value is -1.09. The van der Waals surface area contributed by atoms with Crippen LogP contribution >= 0.6 is 11.3 Å². The highest BCUT2D eigenvalue weighted by Gasteiger charge is 2.12. The van der Waals surface area contributed by atoms with E-state index in [-0.39, 0.29) is 0 Å². The largest absolute Gasteiger partial charge is 0.266 e. The van der Waals surface area contributed by atoms with Crippen LogP contribution in [0.15, 0.2) is 12.0 Å². The van der Waals surface area contributed by atoms with Gasteiger partial charge in [-0.3, -0.25) is 4.68 Å². The lowest BCUT2D eigenvalue weighted by Gasteiger charge is -1.91. The summed E-state index contributed by atoms with van der Waals surface area (Å²) in [5, 5.41) is 6.60. The molecular weight excluding hydrogens is 180 g/mol. The van der Waals surface area contributed by atoms with Crippen LogP contribution in [0, 0.1) is 6.92 Å². The van der Waals surface area contributed by atoms with Crippen LogP contribution in [-0.2, 0) is 7.05 Å². The van der Waals surface area contributed by atoms with Gasteiger partial charge in [-0.2, -0.15) is 5.10 Å². The number of fused-ring (bicyclic) bond motifs is 1. The Morgan fingerprint density at radius 3 is 2.92 bits per heavy atom. The first kappa shape index (κ1) is 8.51. The third-order valence-electron chi connectivity index (χ3n) is 2.14. The molecular formula is C10H12N2S. The van der Waals surface area contributed by atoms with E-state index in [0.717, 1.165) is 11.3 Å². The molecule has 0 saturated carbocycles. The fourth-order valence-electron chi connectivity index (χ4n) is 1.53. The van der Waals surface area contributed by atoms with Gasteiger partial charge in [-0.05, 0) is 30.4 Å². The highest BCUT2D eigenvalue weighted by atomic mass is 32.1. The Labute approximate surface area is 81.5 Å². The van der Waals surface area contributed by atoms with Crippen molar-refractivity contribution in [1.82, 2.24) is 9.78 Å². The van der Waals surface area contributed by atoms with Crippen molar-refractivity contribution in [2.45, 2.75) is 13.8 Å². The highest BCUT2D eigenvalue weighted by molar-refractivity contribution is 7.17. The number of aryl methyl sites for hydroxylation is 2. The third-order valence-corrected chi connectivity index (χ3v) is 3.23. The zero-order chi connectivity index (χ0) is 9.59. The van der Waals surface area contributed by atoms with E-state index in [1.165, 1.54) is 15.8 Å². The molecule has 0 aliphatic heterocycles. The van der Waals surface area contributed by atoms with Crippen LogP contribution in [0.1, 0.15) is 18.2 Å². The molecule has 68 valence electrons. The molecule has 2 nitrogen and oxygen atoms in total. The monoisotopic (exact) mass is 192 g/mol. The Bertz CT molecular complexity index is 476. The summed E-state index contributed by atoms with van der Waals surface area (Å²) in [5.41, 5.74) is 4.61. The summed E-state index contributed by atoms with van der Waals surface area (Å²) in [7, 11) is 1.98. The Morgan fingerprint density at radius 2 is 2.31 bits per heavy atom. The number of rotatable bonds is 1. The van der Waals surface area contributed by atoms with Gasteiger partial charge in [0.05, 0.1) is 10.2 Å². The minimum atomic E-state index is 1.03. The predicted octanol–water partition coefficient (Wildman–Crippen LogP) is 2.98. The molecule has 0 aromatic carbocycles. The molecule has 0 bridgehead atoms. The summed E-state index contributed by atoms with van der Waals surface area (Å²) in [5.74, 6) is 0. The molecule has 2 aromatic heterocycles. The van der Waals surface area contributed by atoms with E-state index in [2.05, 4.69) is 24.0 Å². The molecule has 3 heteroatoms. The summed E-state index contributed by atoms with van der Waals surface area (Å²) >= 11 is 1.75. The molecule has 0 aliphatic rings. The summed E-state index contributed by atoms with van der Waals surface area (Å²) in [6.07, 6.45) is 0. The average molecular weight is 192 g/mol. The normalized spacial score (nSPS) is 11.0. The van der Waals surface area contributed by atoms with E-state index in [1.807, 2.05) is 18.7 Å². The van der Waals surface area contributed by atoms with Crippen molar-refractivity contribution in [3.8, 4) is 0 Å². The Morgan fingerprint density at radius 1 is 1.62 bits per heavy atom. The maximum Gasteiger partial charge on any atom is 0.105 e. The Kier molecular flexibility index (Phi) is 1.77. The first-order chi connectivity index (χ1) is 6.11. The van der Waals surface area contributed by atoms with E-state index in [0.29, 0.717) is 0 Å². The summed E-state index contributed by atoms with van der Waals surface area (Å²) in [6.45, 7) is 8.04. The fourth-order valence-corrected chi connectivity index (χ4v) is 2.67. The van der Waals surface area contributed by atoms with Crippen molar-refractivity contribution in [1.29, 1.82) is 0 Å². The number of hydrogen-bond acceptors (Lipinski definition) is 2. The molecule has 2 rings (SSSR count). The molecule has 0 unspecified atom stereocenters. The number of hydrogen-bond donors (Lipinski definition) is 0. The number of aromatic nitrogens is 2. The van der Waals surface area contributed by atoms with E-state index < -0.39 is 0 Å². The van der Waals surface area contributed by atoms with Gasteiger partial charge in [-0.15, -0.1) is 11.3 Å². The summed E-state index contributed by atoms with van der Waals surface area (Å²) in [6, 6.07) is 0. The van der Waals surface area contributed by atoms with E-state index >= 15 is 0 Å². The van der Waals surface area contributed by atoms with Crippen LogP contribution in [0.25, 0.3) is 15.8 Å². The smallest absolute Gasteiger partial charge is 0.105 e. The SMILES string of the molecule is C=C(C)c1nn(C)c2c(C)csc12. The van der Waals surface area contributed by atoms with Crippen molar-refractivity contribution in [3.05, 3.63) is 23.2 Å². The van der Waals surface area contributed by atoms with Gasteiger partial charge < -0.3 is 0 Å². The van der Waals surface area contributed by atoms with Crippen molar-refractivity contribution in [3.63, 3.8) is 0 Å². The molecule has 0 atom stereocenters. The number of nitrogens with zero attached hydrogens (tertiary/aromatic N) is 2. The molecule has 0 aliphatic carbocycles. The molecule has 0 fully saturated rings. The van der Waals surface area contributed by atoms with Crippen LogP contribution in [0.3, 0.4) is 0 Å². The number of thiophene rings is 1. The lowest BCUT2D eigenvalue weighted by molar-refractivity contribution is 0.789. The molecule has 0 saturated heterocycles. The van der Waals surface area contributed by atoms with E-state index in [4.69, 9.17) is 0 Å². The van der Waals surface area contributed by atoms with Gasteiger partial charge in [0.1, 0.15) is 5.69 Å². The lowest BCUT2D eigenvalue weighted by atomic mass is 10.2. The minimum absolute atomic E-state index is 1.03. The van der Waals surface area contributed by atoms with Crippen molar-refractivity contribution < 1.29 is 0 Å². The summed E-state index contributed by atoms with van der Waals surface area (Å²) < 4.78 is 3.19. The maximum absolute atomic E-state index is 4.44. The average Bonchev–Trinajstić information content (AvgIpc) is 2.55. The van der Waals surface area contributed by atoms with Gasteiger partial charge in [0.25, 0.3) is 0 Å². The van der Waals surface area contributed by atoms with Gasteiger partial charge in [0, 0.05) is 7.05 Å². The minimum Gasteiger partial charge on any atom is -0.266 e. The second-order valence-corrected chi connectivity index (χ2v) is 4.23. The van der Waals surface area contributed by atoms with E-state index in [9.17, 15) is 0 Å². The molecule has 0 amide bonds. The standard InChI is InChI=1S/C10H12N2S/c1-6(2)8-10-9(12(4)11-8)7(3)5-13-10/h5H,1H2,2-4H3. The maximum atomic E-state index is 4.44. The highest BCUT2D eigenvalue weighted by Crippen LogP contribution is 2.30. The Balaban J connectivity index is 2.87. The number of allylic oxidation sites excluding steroid dienone is 1. The third kappa shape index (κ3) is 1.11. The van der Waals surface area contributed by atoms with Gasteiger partial charge >= 0.3 is 0 Å². The second kappa shape index (κ2) is 2.70. The molecule has 13 heavy (non-hydrogen) atoms. The van der Waals surface area contributed by atoms with Crippen LogP contribution in [0.2, 0.25) is 0 Å². The first-order valence-corrected chi connectivity index (χ1v) is 5.06. The zero-order valence-electron chi connectivity index (χ0n) is 8.09. The van der Waals surface area contributed by atoms with Crippen molar-refractivity contribution in [2.24, 2.45) is 7.05 Å². The quantitative estimate of drug-likeness (QED) is 0.679. The molecule has 2 aromatic rings. The fraction of sp³-hybridized carbons (Fsp3) is 0.300. The lowest BCUT2D eigenvalue weighted by Crippen LogP contribution is -1.91. The van der Waals surface area contributed by atoms with Crippen LogP contribution in [-0.4, -0.2) is 9.78 Å². The first-order valence-electron chi connectivity index (χ1n) is 4.18. The zero-order valence-corrected chi connectivity index (χ0v) is 8.90. The molecule has 2 heterocycles. The van der Waals surface area contributed by atoms with Crippen molar-refractivity contribution >= 4 is 27.1 Å². The molecule has 0 spiro atoms. The second-order valence-electron chi connectivity index (χ2n) is 3.35. The molecule has 0 radical (unpaired) electrons. The van der Waals surface area contributed by atoms with Gasteiger partial charge in [0.2, 0.25) is 0 Å². The predicted molar refractivity (Wildman–Crippen MR) is 58.0 cm³/mol. The molecule has 0 N–H and O–H groups in total. The van der Waals surface area contributed by atoms with Crippen LogP contribution in [0.4, 0.5) is 0 Å². The van der Waals surface area contributed by atoms with Gasteiger partial charge in [-0.25, -0.2) is 0 Å². The van der Waals surface area contributed by atoms with Gasteiger partial charge in [-0.1, -0.05) is 6.58 Å². The summed E-state index contributed by atoms with van der Waals surface area (Å²) in [4.78, 5) is 0. The van der Waals surface area contributed by atoms with E-state index in [1.54, 1.807) is 11.3 Å². The topological polar surface area (TPSA) is 17.8 Å². The van der Waals surface area contributed by atoms with Crippen molar-refractivity contribution in [2.75, 3.05) is 0 Å².